The molecule has 0 aliphatic rings. The number of benzene rings is 2. The maximum Gasteiger partial charge on any atom is 0.251 e. The van der Waals surface area contributed by atoms with E-state index in [0.29, 0.717) is 6.07 Å². The molecule has 0 saturated carbocycles. The van der Waals surface area contributed by atoms with E-state index in [9.17, 15) is 13.6 Å². The number of halogens is 2. The molecule has 0 aliphatic heterocycles. The highest BCUT2D eigenvalue weighted by Gasteiger charge is 2.15. The van der Waals surface area contributed by atoms with Crippen LogP contribution in [0.15, 0.2) is 36.4 Å². The quantitative estimate of drug-likeness (QED) is 0.904. The number of nitrogens with one attached hydrogen (secondary N) is 1. The molecule has 1 unspecified atom stereocenters. The first-order valence-corrected chi connectivity index (χ1v) is 6.50. The van der Waals surface area contributed by atoms with E-state index in [1.807, 2.05) is 38.1 Å². The Balaban J connectivity index is 2.31. The van der Waals surface area contributed by atoms with E-state index < -0.39 is 17.5 Å². The Morgan fingerprint density at radius 3 is 2.52 bits per heavy atom. The van der Waals surface area contributed by atoms with Gasteiger partial charge in [-0.3, -0.25) is 4.79 Å². The molecule has 5 heteroatoms. The van der Waals surface area contributed by atoms with Gasteiger partial charge in [0.25, 0.3) is 5.91 Å². The van der Waals surface area contributed by atoms with Gasteiger partial charge in [0.1, 0.15) is 11.6 Å². The molecule has 0 spiro atoms. The Hall–Kier alpha value is -2.43. The van der Waals surface area contributed by atoms with Gasteiger partial charge in [-0.1, -0.05) is 29.8 Å². The number of hydrogen-bond acceptors (Lipinski definition) is 2. The van der Waals surface area contributed by atoms with Crippen LogP contribution in [-0.2, 0) is 0 Å². The number of hydrogen-bond donors (Lipinski definition) is 2. The summed E-state index contributed by atoms with van der Waals surface area (Å²) in [6.45, 7) is 3.81. The predicted molar refractivity (Wildman–Crippen MR) is 78.1 cm³/mol. The molecule has 0 saturated heterocycles. The summed E-state index contributed by atoms with van der Waals surface area (Å²) in [5.74, 6) is -2.66. The highest BCUT2D eigenvalue weighted by molar-refractivity contribution is 5.94. The molecule has 0 bridgehead atoms. The number of primary amides is 1. The summed E-state index contributed by atoms with van der Waals surface area (Å²) in [5, 5.41) is 2.93. The van der Waals surface area contributed by atoms with Crippen molar-refractivity contribution in [3.8, 4) is 0 Å². The van der Waals surface area contributed by atoms with Crippen molar-refractivity contribution in [2.24, 2.45) is 5.73 Å². The Bertz CT molecular complexity index is 686. The van der Waals surface area contributed by atoms with Crippen molar-refractivity contribution in [2.75, 3.05) is 5.32 Å². The van der Waals surface area contributed by atoms with Crippen LogP contribution < -0.4 is 11.1 Å². The van der Waals surface area contributed by atoms with Crippen LogP contribution in [0.4, 0.5) is 14.5 Å². The molecule has 0 fully saturated rings. The Morgan fingerprint density at radius 2 is 1.90 bits per heavy atom. The minimum Gasteiger partial charge on any atom is -0.376 e. The molecule has 3 N–H and O–H groups in total. The van der Waals surface area contributed by atoms with Gasteiger partial charge in [0.05, 0.1) is 11.3 Å². The van der Waals surface area contributed by atoms with Crippen LogP contribution in [0, 0.1) is 18.6 Å². The maximum absolute atomic E-state index is 13.8. The SMILES string of the molecule is Cc1cccc(C(C)Nc2cc(C(N)=O)c(F)cc2F)c1. The fourth-order valence-electron chi connectivity index (χ4n) is 2.10. The zero-order valence-corrected chi connectivity index (χ0v) is 11.8. The molecule has 3 nitrogen and oxygen atoms in total. The van der Waals surface area contributed by atoms with E-state index in [1.165, 1.54) is 0 Å². The van der Waals surface area contributed by atoms with E-state index in [2.05, 4.69) is 5.32 Å². The summed E-state index contributed by atoms with van der Waals surface area (Å²) in [7, 11) is 0. The van der Waals surface area contributed by atoms with E-state index in [1.54, 1.807) is 0 Å². The smallest absolute Gasteiger partial charge is 0.251 e. The topological polar surface area (TPSA) is 55.1 Å². The van der Waals surface area contributed by atoms with Gasteiger partial charge in [0.2, 0.25) is 0 Å². The lowest BCUT2D eigenvalue weighted by Crippen LogP contribution is -2.15. The average molecular weight is 290 g/mol. The molecule has 1 amide bonds. The third-order valence-electron chi connectivity index (χ3n) is 3.24. The molecule has 2 aromatic carbocycles. The lowest BCUT2D eigenvalue weighted by Gasteiger charge is -2.17. The van der Waals surface area contributed by atoms with Crippen molar-refractivity contribution in [3.63, 3.8) is 0 Å². The number of aryl methyl sites for hydroxylation is 1. The Labute approximate surface area is 121 Å². The van der Waals surface area contributed by atoms with Crippen LogP contribution in [0.5, 0.6) is 0 Å². The first-order chi connectivity index (χ1) is 9.88. The van der Waals surface area contributed by atoms with Crippen molar-refractivity contribution in [1.29, 1.82) is 0 Å². The molecule has 1 atom stereocenters. The molecular formula is C16H16F2N2O. The third kappa shape index (κ3) is 3.37. The Kier molecular flexibility index (Phi) is 4.21. The number of amides is 1. The van der Waals surface area contributed by atoms with Gasteiger partial charge in [0, 0.05) is 12.1 Å². The fraction of sp³-hybridized carbons (Fsp3) is 0.188. The maximum atomic E-state index is 13.8. The molecule has 0 aliphatic carbocycles. The second kappa shape index (κ2) is 5.91. The summed E-state index contributed by atoms with van der Waals surface area (Å²) < 4.78 is 27.2. The number of rotatable bonds is 4. The summed E-state index contributed by atoms with van der Waals surface area (Å²) in [6.07, 6.45) is 0. The number of nitrogens with two attached hydrogens (primary N) is 1. The molecule has 0 heterocycles. The van der Waals surface area contributed by atoms with Crippen LogP contribution in [-0.4, -0.2) is 5.91 Å². The Morgan fingerprint density at radius 1 is 1.19 bits per heavy atom. The van der Waals surface area contributed by atoms with Gasteiger partial charge in [-0.25, -0.2) is 8.78 Å². The molecule has 110 valence electrons. The van der Waals surface area contributed by atoms with Crippen LogP contribution >= 0.6 is 0 Å². The minimum absolute atomic E-state index is 0.0409. The fourth-order valence-corrected chi connectivity index (χ4v) is 2.10. The third-order valence-corrected chi connectivity index (χ3v) is 3.24. The lowest BCUT2D eigenvalue weighted by molar-refractivity contribution is 0.0996. The predicted octanol–water partition coefficient (Wildman–Crippen LogP) is 3.55. The molecular weight excluding hydrogens is 274 g/mol. The summed E-state index contributed by atoms with van der Waals surface area (Å²) in [5.41, 5.74) is 6.81. The van der Waals surface area contributed by atoms with Crippen molar-refractivity contribution in [1.82, 2.24) is 0 Å². The molecule has 2 aromatic rings. The summed E-state index contributed by atoms with van der Waals surface area (Å²) in [6, 6.07) is 9.28. The summed E-state index contributed by atoms with van der Waals surface area (Å²) >= 11 is 0. The normalized spacial score (nSPS) is 12.0. The van der Waals surface area contributed by atoms with Crippen molar-refractivity contribution >= 4 is 11.6 Å². The van der Waals surface area contributed by atoms with Gasteiger partial charge in [-0.15, -0.1) is 0 Å². The van der Waals surface area contributed by atoms with Crippen molar-refractivity contribution < 1.29 is 13.6 Å². The largest absolute Gasteiger partial charge is 0.376 e. The number of carbonyl (C=O) groups excluding carboxylic acids is 1. The van der Waals surface area contributed by atoms with Gasteiger partial charge in [-0.05, 0) is 25.5 Å². The molecule has 0 radical (unpaired) electrons. The van der Waals surface area contributed by atoms with Gasteiger partial charge >= 0.3 is 0 Å². The second-order valence-electron chi connectivity index (χ2n) is 4.96. The standard InChI is InChI=1S/C16H16F2N2O/c1-9-4-3-5-11(6-9)10(2)20-15-7-12(16(19)21)13(17)8-14(15)18/h3-8,10,20H,1-2H3,(H2,19,21). The number of carbonyl (C=O) groups is 1. The molecule has 0 aromatic heterocycles. The van der Waals surface area contributed by atoms with Crippen molar-refractivity contribution in [3.05, 3.63) is 64.7 Å². The van der Waals surface area contributed by atoms with Gasteiger partial charge in [-0.2, -0.15) is 0 Å². The number of anilines is 1. The first-order valence-electron chi connectivity index (χ1n) is 6.50. The molecule has 21 heavy (non-hydrogen) atoms. The summed E-state index contributed by atoms with van der Waals surface area (Å²) in [4.78, 5) is 11.1. The van der Waals surface area contributed by atoms with Crippen LogP contribution in [0.3, 0.4) is 0 Å². The monoisotopic (exact) mass is 290 g/mol. The second-order valence-corrected chi connectivity index (χ2v) is 4.96. The van der Waals surface area contributed by atoms with Crippen LogP contribution in [0.25, 0.3) is 0 Å². The highest BCUT2D eigenvalue weighted by atomic mass is 19.1. The van der Waals surface area contributed by atoms with Crippen molar-refractivity contribution in [2.45, 2.75) is 19.9 Å². The molecule has 2 rings (SSSR count). The zero-order chi connectivity index (χ0) is 15.6. The average Bonchev–Trinajstić information content (AvgIpc) is 2.41. The zero-order valence-electron chi connectivity index (χ0n) is 11.8. The van der Waals surface area contributed by atoms with Gasteiger partial charge < -0.3 is 11.1 Å². The van der Waals surface area contributed by atoms with E-state index >= 15 is 0 Å². The minimum atomic E-state index is -0.964. The van der Waals surface area contributed by atoms with Gasteiger partial charge in [0.15, 0.2) is 0 Å². The van der Waals surface area contributed by atoms with E-state index in [4.69, 9.17) is 5.73 Å². The van der Waals surface area contributed by atoms with Crippen LogP contribution in [0.2, 0.25) is 0 Å². The first kappa shape index (κ1) is 15.0. The van der Waals surface area contributed by atoms with E-state index in [-0.39, 0.29) is 17.3 Å². The lowest BCUT2D eigenvalue weighted by atomic mass is 10.0. The van der Waals surface area contributed by atoms with E-state index in [0.717, 1.165) is 17.2 Å². The highest BCUT2D eigenvalue weighted by Crippen LogP contribution is 2.24. The van der Waals surface area contributed by atoms with Crippen LogP contribution in [0.1, 0.15) is 34.5 Å².